The third kappa shape index (κ3) is 6.24. The summed E-state index contributed by atoms with van der Waals surface area (Å²) in [6, 6.07) is 7.99. The Kier molecular flexibility index (Phi) is 7.48. The van der Waals surface area contributed by atoms with Crippen LogP contribution in [0.1, 0.15) is 11.1 Å². The van der Waals surface area contributed by atoms with E-state index in [9.17, 15) is 28.1 Å². The Morgan fingerprint density at radius 2 is 1.83 bits per heavy atom. The van der Waals surface area contributed by atoms with Gasteiger partial charge in [-0.1, -0.05) is 17.7 Å². The number of ether oxygens (including phenoxy) is 1. The monoisotopic (exact) mass is 455 g/mol. The fourth-order valence-electron chi connectivity index (χ4n) is 2.22. The van der Waals surface area contributed by atoms with Gasteiger partial charge in [0.05, 0.1) is 20.5 Å². The van der Waals surface area contributed by atoms with Gasteiger partial charge in [-0.25, -0.2) is 8.42 Å². The van der Waals surface area contributed by atoms with Gasteiger partial charge in [0.15, 0.2) is 6.61 Å². The molecule has 0 spiro atoms. The number of nitro groups is 1. The summed E-state index contributed by atoms with van der Waals surface area (Å²) in [5.41, 5.74) is 1.38. The lowest BCUT2D eigenvalue weighted by atomic mass is 10.1. The number of nitrogens with one attached hydrogen (secondary N) is 2. The predicted molar refractivity (Wildman–Crippen MR) is 109 cm³/mol. The lowest BCUT2D eigenvalue weighted by molar-refractivity contribution is -0.384. The van der Waals surface area contributed by atoms with Crippen LogP contribution in [0.5, 0.6) is 0 Å². The van der Waals surface area contributed by atoms with Crippen molar-refractivity contribution in [2.75, 3.05) is 18.5 Å². The van der Waals surface area contributed by atoms with Crippen LogP contribution in [0.25, 0.3) is 0 Å². The van der Waals surface area contributed by atoms with Crippen molar-refractivity contribution in [2.45, 2.75) is 18.7 Å². The maximum absolute atomic E-state index is 12.2. The molecule has 0 saturated carbocycles. The lowest BCUT2D eigenvalue weighted by Crippen LogP contribution is -2.32. The maximum atomic E-state index is 12.2. The highest BCUT2D eigenvalue weighted by Crippen LogP contribution is 2.26. The van der Waals surface area contributed by atoms with Gasteiger partial charge in [0, 0.05) is 12.1 Å². The van der Waals surface area contributed by atoms with E-state index in [1.54, 1.807) is 13.0 Å². The largest absolute Gasteiger partial charge is 0.455 e. The summed E-state index contributed by atoms with van der Waals surface area (Å²) in [4.78, 5) is 33.8. The Bertz CT molecular complexity index is 1100. The van der Waals surface area contributed by atoms with E-state index in [-0.39, 0.29) is 21.3 Å². The molecular formula is C18H18ClN3O7S. The molecule has 2 N–H and O–H groups in total. The van der Waals surface area contributed by atoms with Crippen LogP contribution in [0, 0.1) is 24.0 Å². The Balaban J connectivity index is 1.88. The van der Waals surface area contributed by atoms with Crippen LogP contribution in [-0.2, 0) is 24.3 Å². The predicted octanol–water partition coefficient (Wildman–Crippen LogP) is 2.33. The van der Waals surface area contributed by atoms with Gasteiger partial charge < -0.3 is 10.1 Å². The molecule has 160 valence electrons. The van der Waals surface area contributed by atoms with Gasteiger partial charge in [0.25, 0.3) is 11.6 Å². The Labute approximate surface area is 177 Å². The van der Waals surface area contributed by atoms with Gasteiger partial charge in [-0.15, -0.1) is 0 Å². The molecule has 0 atom stereocenters. The number of anilines is 1. The zero-order valence-electron chi connectivity index (χ0n) is 16.0. The first-order chi connectivity index (χ1) is 14.0. The van der Waals surface area contributed by atoms with Gasteiger partial charge in [0.1, 0.15) is 6.54 Å². The highest BCUT2D eigenvalue weighted by molar-refractivity contribution is 7.89. The zero-order chi connectivity index (χ0) is 22.5. The van der Waals surface area contributed by atoms with E-state index in [1.165, 1.54) is 24.3 Å². The van der Waals surface area contributed by atoms with Gasteiger partial charge in [0.2, 0.25) is 10.0 Å². The molecule has 2 aromatic carbocycles. The number of carbonyl (C=O) groups is 2. The second kappa shape index (κ2) is 9.65. The number of hydrogen-bond acceptors (Lipinski definition) is 7. The average Bonchev–Trinajstić information content (AvgIpc) is 2.68. The van der Waals surface area contributed by atoms with Crippen LogP contribution in [0.15, 0.2) is 41.3 Å². The highest BCUT2D eigenvalue weighted by atomic mass is 35.5. The Morgan fingerprint density at radius 1 is 1.13 bits per heavy atom. The Morgan fingerprint density at radius 3 is 2.47 bits per heavy atom. The topological polar surface area (TPSA) is 145 Å². The van der Waals surface area contributed by atoms with E-state index >= 15 is 0 Å². The zero-order valence-corrected chi connectivity index (χ0v) is 17.5. The van der Waals surface area contributed by atoms with Gasteiger partial charge in [-0.05, 0) is 43.2 Å². The normalized spacial score (nSPS) is 11.0. The molecule has 0 fully saturated rings. The highest BCUT2D eigenvalue weighted by Gasteiger charge is 2.18. The number of hydrogen-bond donors (Lipinski definition) is 2. The molecule has 12 heteroatoms. The molecule has 0 unspecified atom stereocenters. The number of aryl methyl sites for hydroxylation is 2. The van der Waals surface area contributed by atoms with Crippen molar-refractivity contribution in [2.24, 2.45) is 0 Å². The average molecular weight is 456 g/mol. The molecule has 0 aromatic heterocycles. The molecule has 0 aliphatic rings. The molecule has 2 aromatic rings. The molecular weight excluding hydrogens is 438 g/mol. The minimum Gasteiger partial charge on any atom is -0.455 e. The quantitative estimate of drug-likeness (QED) is 0.353. The summed E-state index contributed by atoms with van der Waals surface area (Å²) >= 11 is 5.86. The SMILES string of the molecule is Cc1ccc(S(=O)(=O)NCC(=O)OCC(=O)Nc2cc([N+](=O)[O-])ccc2Cl)cc1C. The summed E-state index contributed by atoms with van der Waals surface area (Å²) in [6.07, 6.45) is 0. The summed E-state index contributed by atoms with van der Waals surface area (Å²) < 4.78 is 31.3. The number of halogens is 1. The Hall–Kier alpha value is -3.02. The van der Waals surface area contributed by atoms with Gasteiger partial charge in [-0.3, -0.25) is 19.7 Å². The van der Waals surface area contributed by atoms with Crippen LogP contribution in [0.4, 0.5) is 11.4 Å². The van der Waals surface area contributed by atoms with Crippen LogP contribution in [-0.4, -0.2) is 38.4 Å². The second-order valence-corrected chi connectivity index (χ2v) is 8.37. The number of non-ortho nitro benzene ring substituents is 1. The molecule has 30 heavy (non-hydrogen) atoms. The van der Waals surface area contributed by atoms with Crippen molar-refractivity contribution in [1.82, 2.24) is 4.72 Å². The fourth-order valence-corrected chi connectivity index (χ4v) is 3.44. The molecule has 0 saturated heterocycles. The number of esters is 1. The number of rotatable bonds is 8. The van der Waals surface area contributed by atoms with Crippen LogP contribution >= 0.6 is 11.6 Å². The van der Waals surface area contributed by atoms with Crippen molar-refractivity contribution in [3.63, 3.8) is 0 Å². The fraction of sp³-hybridized carbons (Fsp3) is 0.222. The molecule has 0 aliphatic carbocycles. The van der Waals surface area contributed by atoms with Crippen molar-refractivity contribution in [3.05, 3.63) is 62.7 Å². The maximum Gasteiger partial charge on any atom is 0.321 e. The first kappa shape index (κ1) is 23.3. The number of benzene rings is 2. The van der Waals surface area contributed by atoms with E-state index < -0.39 is 40.0 Å². The third-order valence-electron chi connectivity index (χ3n) is 3.99. The van der Waals surface area contributed by atoms with E-state index in [1.807, 2.05) is 6.92 Å². The molecule has 1 amide bonds. The number of nitro benzene ring substituents is 1. The summed E-state index contributed by atoms with van der Waals surface area (Å²) in [5.74, 6) is -1.79. The van der Waals surface area contributed by atoms with Crippen molar-refractivity contribution in [3.8, 4) is 0 Å². The first-order valence-electron chi connectivity index (χ1n) is 8.46. The first-order valence-corrected chi connectivity index (χ1v) is 10.3. The van der Waals surface area contributed by atoms with Gasteiger partial charge >= 0.3 is 5.97 Å². The molecule has 0 heterocycles. The lowest BCUT2D eigenvalue weighted by Gasteiger charge is -2.10. The van der Waals surface area contributed by atoms with Crippen molar-refractivity contribution < 1.29 is 27.7 Å². The summed E-state index contributed by atoms with van der Waals surface area (Å²) in [6.45, 7) is 2.18. The number of amides is 1. The van der Waals surface area contributed by atoms with Crippen molar-refractivity contribution >= 4 is 44.9 Å². The smallest absolute Gasteiger partial charge is 0.321 e. The second-order valence-electron chi connectivity index (χ2n) is 6.20. The number of nitrogens with zero attached hydrogens (tertiary/aromatic N) is 1. The van der Waals surface area contributed by atoms with Crippen LogP contribution in [0.3, 0.4) is 0 Å². The van der Waals surface area contributed by atoms with Crippen LogP contribution in [0.2, 0.25) is 5.02 Å². The molecule has 0 aliphatic heterocycles. The van der Waals surface area contributed by atoms with E-state index in [0.717, 1.165) is 17.2 Å². The number of carbonyl (C=O) groups excluding carboxylic acids is 2. The third-order valence-corrected chi connectivity index (χ3v) is 5.72. The molecule has 10 nitrogen and oxygen atoms in total. The van der Waals surface area contributed by atoms with E-state index in [2.05, 4.69) is 10.0 Å². The standard InChI is InChI=1S/C18H18ClN3O7S/c1-11-3-5-14(7-12(11)2)30(27,28)20-9-18(24)29-10-17(23)21-16-8-13(22(25)26)4-6-15(16)19/h3-8,20H,9-10H2,1-2H3,(H,21,23). The molecule has 2 rings (SSSR count). The summed E-state index contributed by atoms with van der Waals surface area (Å²) in [7, 11) is -3.93. The summed E-state index contributed by atoms with van der Waals surface area (Å²) in [5, 5.41) is 13.1. The minimum atomic E-state index is -3.93. The van der Waals surface area contributed by atoms with Crippen molar-refractivity contribution in [1.29, 1.82) is 0 Å². The van der Waals surface area contributed by atoms with E-state index in [0.29, 0.717) is 0 Å². The van der Waals surface area contributed by atoms with Crippen LogP contribution < -0.4 is 10.0 Å². The number of sulfonamides is 1. The molecule has 0 radical (unpaired) electrons. The van der Waals surface area contributed by atoms with E-state index in [4.69, 9.17) is 16.3 Å². The minimum absolute atomic E-state index is 0.00328. The molecule has 0 bridgehead atoms. The van der Waals surface area contributed by atoms with Gasteiger partial charge in [-0.2, -0.15) is 4.72 Å².